The first kappa shape index (κ1) is 15.8. The second-order valence-corrected chi connectivity index (χ2v) is 6.32. The third-order valence-corrected chi connectivity index (χ3v) is 4.94. The summed E-state index contributed by atoms with van der Waals surface area (Å²) in [5.41, 5.74) is 0.693. The molecule has 0 saturated carbocycles. The van der Waals surface area contributed by atoms with Crippen molar-refractivity contribution in [3.05, 3.63) is 28.7 Å². The van der Waals surface area contributed by atoms with E-state index >= 15 is 0 Å². The second kappa shape index (κ2) is 6.95. The lowest BCUT2D eigenvalue weighted by Crippen LogP contribution is -2.34. The van der Waals surface area contributed by atoms with Gasteiger partial charge in [0.2, 0.25) is 5.91 Å². The van der Waals surface area contributed by atoms with Gasteiger partial charge in [-0.1, -0.05) is 23.7 Å². The summed E-state index contributed by atoms with van der Waals surface area (Å²) in [6.45, 7) is 1.88. The molecular weight excluding hydrogens is 358 g/mol. The van der Waals surface area contributed by atoms with E-state index in [-0.39, 0.29) is 5.91 Å². The predicted molar refractivity (Wildman–Crippen MR) is 79.8 cm³/mol. The first-order chi connectivity index (χ1) is 10.0. The lowest BCUT2D eigenvalue weighted by molar-refractivity contribution is -0.772. The molecule has 1 heterocycles. The van der Waals surface area contributed by atoms with E-state index in [2.05, 4.69) is 31.0 Å². The molecule has 0 spiro atoms. The van der Waals surface area contributed by atoms with Crippen LogP contribution in [0, 0.1) is 0 Å². The summed E-state index contributed by atoms with van der Waals surface area (Å²) in [5, 5.41) is 17.8. The number of amides is 1. The molecular formula is C13H14BrN3O3S. The molecule has 2 rings (SSSR count). The summed E-state index contributed by atoms with van der Waals surface area (Å²) in [7, 11) is 1.60. The lowest BCUT2D eigenvalue weighted by Gasteiger charge is -2.13. The molecule has 2 aromatic rings. The molecule has 0 radical (unpaired) electrons. The van der Waals surface area contributed by atoms with Crippen LogP contribution >= 0.6 is 27.7 Å². The minimum atomic E-state index is -0.533. The number of halogens is 1. The minimum Gasteiger partial charge on any atom is -0.538 e. The van der Waals surface area contributed by atoms with Gasteiger partial charge in [0.15, 0.2) is 13.0 Å². The van der Waals surface area contributed by atoms with Crippen molar-refractivity contribution in [1.29, 1.82) is 0 Å². The number of thioether (sulfide) groups is 1. The van der Waals surface area contributed by atoms with Crippen molar-refractivity contribution in [3.63, 3.8) is 0 Å². The van der Waals surface area contributed by atoms with Gasteiger partial charge < -0.3 is 14.9 Å². The SMILES string of the molecule is CCC(Sc1c([O-])on[n+]1C)C(=O)Nc1ccccc1Br. The first-order valence-electron chi connectivity index (χ1n) is 6.28. The summed E-state index contributed by atoms with van der Waals surface area (Å²) >= 11 is 4.53. The van der Waals surface area contributed by atoms with Crippen LogP contribution in [0.25, 0.3) is 0 Å². The number of hydrogen-bond acceptors (Lipinski definition) is 5. The normalized spacial score (nSPS) is 12.1. The fourth-order valence-corrected chi connectivity index (χ4v) is 2.97. The molecule has 21 heavy (non-hydrogen) atoms. The number of nitrogens with one attached hydrogen (secondary N) is 1. The lowest BCUT2D eigenvalue weighted by atomic mass is 10.3. The maximum absolute atomic E-state index is 12.3. The van der Waals surface area contributed by atoms with E-state index in [1.807, 2.05) is 25.1 Å². The highest BCUT2D eigenvalue weighted by Crippen LogP contribution is 2.29. The fraction of sp³-hybridized carbons (Fsp3) is 0.308. The van der Waals surface area contributed by atoms with E-state index in [0.29, 0.717) is 17.1 Å². The van der Waals surface area contributed by atoms with Crippen LogP contribution in [0.1, 0.15) is 13.3 Å². The Morgan fingerprint density at radius 3 is 2.86 bits per heavy atom. The van der Waals surface area contributed by atoms with E-state index in [4.69, 9.17) is 0 Å². The molecule has 0 aliphatic carbocycles. The zero-order chi connectivity index (χ0) is 15.4. The molecule has 0 saturated heterocycles. The van der Waals surface area contributed by atoms with Crippen molar-refractivity contribution in [3.8, 4) is 5.95 Å². The molecule has 0 fully saturated rings. The van der Waals surface area contributed by atoms with Crippen molar-refractivity contribution < 1.29 is 19.1 Å². The third kappa shape index (κ3) is 3.76. The van der Waals surface area contributed by atoms with Crippen molar-refractivity contribution >= 4 is 39.3 Å². The van der Waals surface area contributed by atoms with Crippen molar-refractivity contribution in [2.75, 3.05) is 5.32 Å². The summed E-state index contributed by atoms with van der Waals surface area (Å²) in [4.78, 5) is 12.3. The van der Waals surface area contributed by atoms with Crippen molar-refractivity contribution in [2.45, 2.75) is 23.6 Å². The Kier molecular flexibility index (Phi) is 5.24. The molecule has 1 N–H and O–H groups in total. The quantitative estimate of drug-likeness (QED) is 0.640. The van der Waals surface area contributed by atoms with Gasteiger partial charge in [0.25, 0.3) is 5.03 Å². The summed E-state index contributed by atoms with van der Waals surface area (Å²) in [6.07, 6.45) is 0.575. The Hall–Kier alpha value is -1.54. The molecule has 1 unspecified atom stereocenters. The van der Waals surface area contributed by atoms with Crippen molar-refractivity contribution in [1.82, 2.24) is 5.27 Å². The van der Waals surface area contributed by atoms with Gasteiger partial charge in [-0.2, -0.15) is 0 Å². The highest BCUT2D eigenvalue weighted by molar-refractivity contribution is 9.10. The van der Waals surface area contributed by atoms with Gasteiger partial charge in [0.1, 0.15) is 0 Å². The Morgan fingerprint density at radius 2 is 2.29 bits per heavy atom. The smallest absolute Gasteiger partial charge is 0.291 e. The topological polar surface area (TPSA) is 82.1 Å². The van der Waals surface area contributed by atoms with Gasteiger partial charge in [0, 0.05) is 4.47 Å². The van der Waals surface area contributed by atoms with Crippen LogP contribution in [0.15, 0.2) is 38.3 Å². The van der Waals surface area contributed by atoms with E-state index < -0.39 is 11.2 Å². The summed E-state index contributed by atoms with van der Waals surface area (Å²) in [5.74, 6) is -0.704. The Balaban J connectivity index is 2.11. The van der Waals surface area contributed by atoms with Crippen LogP contribution in [-0.4, -0.2) is 16.4 Å². The highest BCUT2D eigenvalue weighted by atomic mass is 79.9. The zero-order valence-corrected chi connectivity index (χ0v) is 13.9. The average molecular weight is 372 g/mol. The van der Waals surface area contributed by atoms with E-state index in [9.17, 15) is 9.90 Å². The number of aromatic nitrogens is 2. The van der Waals surface area contributed by atoms with Gasteiger partial charge in [-0.15, -0.1) is 0 Å². The van der Waals surface area contributed by atoms with Gasteiger partial charge in [-0.05, 0) is 46.2 Å². The van der Waals surface area contributed by atoms with E-state index in [1.165, 1.54) is 4.68 Å². The molecule has 0 bridgehead atoms. The number of aryl methyl sites for hydroxylation is 1. The minimum absolute atomic E-state index is 0.171. The van der Waals surface area contributed by atoms with E-state index in [1.54, 1.807) is 13.1 Å². The number of para-hydroxylation sites is 1. The zero-order valence-electron chi connectivity index (χ0n) is 11.5. The van der Waals surface area contributed by atoms with Crippen LogP contribution in [0.5, 0.6) is 5.95 Å². The molecule has 0 aliphatic rings. The number of rotatable bonds is 5. The molecule has 112 valence electrons. The molecule has 1 aromatic heterocycles. The van der Waals surface area contributed by atoms with Gasteiger partial charge in [-0.25, -0.2) is 0 Å². The maximum atomic E-state index is 12.3. The van der Waals surface area contributed by atoms with E-state index in [0.717, 1.165) is 16.2 Å². The van der Waals surface area contributed by atoms with Gasteiger partial charge in [0.05, 0.1) is 16.2 Å². The number of carbonyl (C=O) groups excluding carboxylic acids is 1. The average Bonchev–Trinajstić information content (AvgIpc) is 2.78. The highest BCUT2D eigenvalue weighted by Gasteiger charge is 2.25. The number of carbonyl (C=O) groups is 1. The number of nitrogens with zero attached hydrogens (tertiary/aromatic N) is 2. The van der Waals surface area contributed by atoms with Crippen LogP contribution in [0.2, 0.25) is 0 Å². The Labute approximate surface area is 134 Å². The monoisotopic (exact) mass is 371 g/mol. The van der Waals surface area contributed by atoms with Crippen LogP contribution in [0.4, 0.5) is 5.69 Å². The first-order valence-corrected chi connectivity index (χ1v) is 7.95. The Bertz CT molecular complexity index is 628. The largest absolute Gasteiger partial charge is 0.538 e. The molecule has 8 heteroatoms. The maximum Gasteiger partial charge on any atom is 0.291 e. The molecule has 1 atom stereocenters. The van der Waals surface area contributed by atoms with Crippen LogP contribution in [0.3, 0.4) is 0 Å². The number of anilines is 1. The third-order valence-electron chi connectivity index (χ3n) is 2.76. The number of hydrogen-bond donors (Lipinski definition) is 1. The van der Waals surface area contributed by atoms with Crippen molar-refractivity contribution in [2.24, 2.45) is 7.05 Å². The molecule has 1 amide bonds. The molecule has 0 aliphatic heterocycles. The molecule has 6 nitrogen and oxygen atoms in total. The summed E-state index contributed by atoms with van der Waals surface area (Å²) in [6, 6.07) is 7.36. The van der Waals surface area contributed by atoms with Crippen LogP contribution < -0.4 is 15.1 Å². The van der Waals surface area contributed by atoms with Gasteiger partial charge >= 0.3 is 0 Å². The predicted octanol–water partition coefficient (Wildman–Crippen LogP) is 1.84. The Morgan fingerprint density at radius 1 is 1.57 bits per heavy atom. The fourth-order valence-electron chi connectivity index (χ4n) is 1.66. The standard InChI is InChI=1S/C13H14BrN3O3S/c1-3-10(21-12-13(19)20-16-17(12)2)11(18)15-9-7-5-4-6-8(9)14/h4-7,10H,3H2,1-2H3,(H-,15,16,18,19). The van der Waals surface area contributed by atoms with Gasteiger partial charge in [-0.3, -0.25) is 4.79 Å². The summed E-state index contributed by atoms with van der Waals surface area (Å²) < 4.78 is 6.69. The second-order valence-electron chi connectivity index (χ2n) is 4.27. The number of benzene rings is 1. The molecule has 1 aromatic carbocycles. The van der Waals surface area contributed by atoms with Crippen LogP contribution in [-0.2, 0) is 11.8 Å².